The second-order valence-corrected chi connectivity index (χ2v) is 3.99. The van der Waals surface area contributed by atoms with Crippen molar-refractivity contribution in [2.24, 2.45) is 12.8 Å². The summed E-state index contributed by atoms with van der Waals surface area (Å²) in [6, 6.07) is 3.43. The zero-order valence-corrected chi connectivity index (χ0v) is 9.51. The highest BCUT2D eigenvalue weighted by atomic mass is 19.4. The van der Waals surface area contributed by atoms with Gasteiger partial charge in [0, 0.05) is 18.9 Å². The molecule has 0 aliphatic heterocycles. The van der Waals surface area contributed by atoms with E-state index in [-0.39, 0.29) is 6.54 Å². The van der Waals surface area contributed by atoms with Crippen molar-refractivity contribution >= 4 is 5.91 Å². The number of nitrogens with one attached hydrogen (secondary N) is 1. The van der Waals surface area contributed by atoms with Crippen LogP contribution in [0.25, 0.3) is 0 Å². The number of aromatic nitrogens is 1. The molecule has 0 saturated carbocycles. The Bertz CT molecular complexity index is 409. The molecule has 1 heterocycles. The van der Waals surface area contributed by atoms with Gasteiger partial charge < -0.3 is 15.6 Å². The molecule has 4 nitrogen and oxygen atoms in total. The maximum absolute atomic E-state index is 12.4. The second kappa shape index (κ2) is 4.40. The minimum Gasteiger partial charge on any atom is -0.353 e. The largest absolute Gasteiger partial charge is 0.415 e. The lowest BCUT2D eigenvalue weighted by molar-refractivity contribution is -0.187. The number of aryl methyl sites for hydroxylation is 1. The van der Waals surface area contributed by atoms with Crippen LogP contribution in [0.5, 0.6) is 0 Å². The first-order valence-corrected chi connectivity index (χ1v) is 4.90. The predicted octanol–water partition coefficient (Wildman–Crippen LogP) is 0.921. The van der Waals surface area contributed by atoms with Gasteiger partial charge in [0.2, 0.25) is 5.91 Å². The van der Waals surface area contributed by atoms with Gasteiger partial charge in [0.25, 0.3) is 0 Å². The summed E-state index contributed by atoms with van der Waals surface area (Å²) in [4.78, 5) is 11.4. The maximum Gasteiger partial charge on any atom is 0.415 e. The van der Waals surface area contributed by atoms with Gasteiger partial charge in [0.05, 0.1) is 6.54 Å². The Morgan fingerprint density at radius 3 is 2.53 bits per heavy atom. The molecule has 96 valence electrons. The molecule has 0 fully saturated rings. The smallest absolute Gasteiger partial charge is 0.353 e. The molecule has 1 rings (SSSR count). The molecule has 1 atom stereocenters. The molecule has 0 saturated heterocycles. The fraction of sp³-hybridized carbons (Fsp3) is 0.500. The molecular formula is C10H14F3N3O. The van der Waals surface area contributed by atoms with Crippen molar-refractivity contribution in [3.63, 3.8) is 0 Å². The summed E-state index contributed by atoms with van der Waals surface area (Å²) in [5.74, 6) is -1.24. The van der Waals surface area contributed by atoms with E-state index >= 15 is 0 Å². The van der Waals surface area contributed by atoms with Gasteiger partial charge in [-0.3, -0.25) is 4.79 Å². The Balaban J connectivity index is 2.65. The zero-order valence-electron chi connectivity index (χ0n) is 9.51. The summed E-state index contributed by atoms with van der Waals surface area (Å²) in [5.41, 5.74) is 2.79. The van der Waals surface area contributed by atoms with Crippen LogP contribution in [-0.2, 0) is 18.4 Å². The van der Waals surface area contributed by atoms with Crippen molar-refractivity contribution in [2.75, 3.05) is 0 Å². The normalized spacial score (nSPS) is 15.4. The van der Waals surface area contributed by atoms with E-state index in [0.29, 0.717) is 12.6 Å². The summed E-state index contributed by atoms with van der Waals surface area (Å²) in [7, 11) is 1.73. The number of carbonyl (C=O) groups is 1. The van der Waals surface area contributed by atoms with Gasteiger partial charge in [0.15, 0.2) is 5.54 Å². The van der Waals surface area contributed by atoms with E-state index in [0.717, 1.165) is 0 Å². The standard InChI is InChI=1S/C10H14F3N3O/c1-9(14,10(11,12)13)8(17)15-6-7-4-3-5-16(7)2/h3-5H,6,14H2,1-2H3,(H,15,17). The first-order valence-electron chi connectivity index (χ1n) is 4.90. The van der Waals surface area contributed by atoms with E-state index < -0.39 is 17.6 Å². The minimum absolute atomic E-state index is 0.00516. The van der Waals surface area contributed by atoms with E-state index in [4.69, 9.17) is 5.73 Å². The van der Waals surface area contributed by atoms with Gasteiger partial charge in [0.1, 0.15) is 0 Å². The molecule has 0 spiro atoms. The molecule has 3 N–H and O–H groups in total. The van der Waals surface area contributed by atoms with Gasteiger partial charge in [-0.25, -0.2) is 0 Å². The topological polar surface area (TPSA) is 60.0 Å². The van der Waals surface area contributed by atoms with Crippen LogP contribution in [0.1, 0.15) is 12.6 Å². The molecule has 1 aromatic rings. The number of hydrogen-bond donors (Lipinski definition) is 2. The van der Waals surface area contributed by atoms with Crippen LogP contribution in [0, 0.1) is 0 Å². The number of alkyl halides is 3. The van der Waals surface area contributed by atoms with E-state index in [1.54, 1.807) is 29.9 Å². The second-order valence-electron chi connectivity index (χ2n) is 3.99. The van der Waals surface area contributed by atoms with E-state index in [1.807, 2.05) is 0 Å². The maximum atomic E-state index is 12.4. The third-order valence-corrected chi connectivity index (χ3v) is 2.54. The van der Waals surface area contributed by atoms with Crippen LogP contribution in [-0.4, -0.2) is 22.2 Å². The Kier molecular flexibility index (Phi) is 3.51. The fourth-order valence-electron chi connectivity index (χ4n) is 1.16. The monoisotopic (exact) mass is 249 g/mol. The Morgan fingerprint density at radius 2 is 2.12 bits per heavy atom. The van der Waals surface area contributed by atoms with Gasteiger partial charge in [-0.1, -0.05) is 0 Å². The van der Waals surface area contributed by atoms with Crippen molar-refractivity contribution in [3.8, 4) is 0 Å². The molecule has 7 heteroatoms. The van der Waals surface area contributed by atoms with Crippen molar-refractivity contribution in [2.45, 2.75) is 25.2 Å². The first kappa shape index (κ1) is 13.6. The zero-order chi connectivity index (χ0) is 13.3. The summed E-state index contributed by atoms with van der Waals surface area (Å²) >= 11 is 0. The summed E-state index contributed by atoms with van der Waals surface area (Å²) in [6.45, 7) is 0.651. The molecule has 1 aromatic heterocycles. The number of rotatable bonds is 3. The molecule has 0 radical (unpaired) electrons. The third-order valence-electron chi connectivity index (χ3n) is 2.54. The lowest BCUT2D eigenvalue weighted by atomic mass is 10.0. The van der Waals surface area contributed by atoms with Crippen molar-refractivity contribution < 1.29 is 18.0 Å². The molecule has 17 heavy (non-hydrogen) atoms. The number of amides is 1. The quantitative estimate of drug-likeness (QED) is 0.836. The molecule has 0 aliphatic carbocycles. The van der Waals surface area contributed by atoms with Gasteiger partial charge in [-0.05, 0) is 19.1 Å². The number of nitrogens with two attached hydrogens (primary N) is 1. The van der Waals surface area contributed by atoms with Gasteiger partial charge in [-0.15, -0.1) is 0 Å². The van der Waals surface area contributed by atoms with Crippen LogP contribution < -0.4 is 11.1 Å². The van der Waals surface area contributed by atoms with E-state index in [1.165, 1.54) is 0 Å². The van der Waals surface area contributed by atoms with Gasteiger partial charge >= 0.3 is 6.18 Å². The SMILES string of the molecule is Cn1cccc1CNC(=O)C(C)(N)C(F)(F)F. The van der Waals surface area contributed by atoms with Gasteiger partial charge in [-0.2, -0.15) is 13.2 Å². The fourth-order valence-corrected chi connectivity index (χ4v) is 1.16. The van der Waals surface area contributed by atoms with Crippen LogP contribution >= 0.6 is 0 Å². The van der Waals surface area contributed by atoms with Crippen LogP contribution in [0.2, 0.25) is 0 Å². The molecule has 0 aromatic carbocycles. The molecule has 0 aliphatic rings. The minimum atomic E-state index is -4.77. The van der Waals surface area contributed by atoms with E-state index in [2.05, 4.69) is 5.32 Å². The third kappa shape index (κ3) is 2.79. The van der Waals surface area contributed by atoms with Crippen LogP contribution in [0.15, 0.2) is 18.3 Å². The average Bonchev–Trinajstić information content (AvgIpc) is 2.58. The Hall–Kier alpha value is -1.50. The molecule has 1 unspecified atom stereocenters. The highest BCUT2D eigenvalue weighted by Crippen LogP contribution is 2.27. The number of hydrogen-bond acceptors (Lipinski definition) is 2. The number of carbonyl (C=O) groups excluding carboxylic acids is 1. The Labute approximate surface area is 96.6 Å². The molecular weight excluding hydrogens is 235 g/mol. The molecule has 1 amide bonds. The first-order chi connectivity index (χ1) is 7.66. The van der Waals surface area contributed by atoms with Crippen molar-refractivity contribution in [1.29, 1.82) is 0 Å². The summed E-state index contributed by atoms with van der Waals surface area (Å²) < 4.78 is 39.0. The molecule has 0 bridgehead atoms. The van der Waals surface area contributed by atoms with Crippen molar-refractivity contribution in [3.05, 3.63) is 24.0 Å². The van der Waals surface area contributed by atoms with E-state index in [9.17, 15) is 18.0 Å². The highest BCUT2D eigenvalue weighted by molar-refractivity contribution is 5.86. The lowest BCUT2D eigenvalue weighted by Gasteiger charge is -2.26. The summed E-state index contributed by atoms with van der Waals surface area (Å²) in [5, 5.41) is 2.17. The number of halogens is 3. The Morgan fingerprint density at radius 1 is 1.53 bits per heavy atom. The predicted molar refractivity (Wildman–Crippen MR) is 55.9 cm³/mol. The number of nitrogens with zero attached hydrogens (tertiary/aromatic N) is 1. The lowest BCUT2D eigenvalue weighted by Crippen LogP contribution is -2.61. The average molecular weight is 249 g/mol. The highest BCUT2D eigenvalue weighted by Gasteiger charge is 2.53. The van der Waals surface area contributed by atoms with Crippen LogP contribution in [0.3, 0.4) is 0 Å². The van der Waals surface area contributed by atoms with Crippen LogP contribution in [0.4, 0.5) is 13.2 Å². The summed E-state index contributed by atoms with van der Waals surface area (Å²) in [6.07, 6.45) is -3.04. The van der Waals surface area contributed by atoms with Crippen molar-refractivity contribution in [1.82, 2.24) is 9.88 Å².